The number of carbonyl (C=O) groups excluding carboxylic acids is 1. The summed E-state index contributed by atoms with van der Waals surface area (Å²) in [6.45, 7) is 4.06. The lowest BCUT2D eigenvalue weighted by atomic mass is 9.92. The number of fused-ring (bicyclic) bond motifs is 1. The maximum Gasteiger partial charge on any atom is 0.253 e. The highest BCUT2D eigenvalue weighted by molar-refractivity contribution is 6.02. The molecule has 31 heavy (non-hydrogen) atoms. The highest BCUT2D eigenvalue weighted by Gasteiger charge is 2.30. The number of nitrogens with one attached hydrogen (secondary N) is 1. The summed E-state index contributed by atoms with van der Waals surface area (Å²) in [5.41, 5.74) is 2.70. The zero-order valence-corrected chi connectivity index (χ0v) is 17.5. The average molecular weight is 415 g/mol. The van der Waals surface area contributed by atoms with E-state index in [0.717, 1.165) is 5.69 Å². The third-order valence-corrected chi connectivity index (χ3v) is 5.87. The van der Waals surface area contributed by atoms with Crippen LogP contribution in [-0.2, 0) is 6.42 Å². The fourth-order valence-corrected chi connectivity index (χ4v) is 4.18. The molecule has 2 heterocycles. The van der Waals surface area contributed by atoms with Crippen molar-refractivity contribution in [3.05, 3.63) is 71.1 Å². The van der Waals surface area contributed by atoms with Gasteiger partial charge < -0.3 is 15.4 Å². The van der Waals surface area contributed by atoms with E-state index in [4.69, 9.17) is 5.41 Å². The van der Waals surface area contributed by atoms with E-state index in [9.17, 15) is 15.2 Å². The molecular formula is C24H25N5O2. The molecule has 7 heteroatoms. The number of aromatic nitrogens is 1. The van der Waals surface area contributed by atoms with Gasteiger partial charge >= 0.3 is 0 Å². The monoisotopic (exact) mass is 415 g/mol. The first kappa shape index (κ1) is 20.8. The van der Waals surface area contributed by atoms with Crippen LogP contribution in [0.2, 0.25) is 0 Å². The number of benzene rings is 1. The maximum absolute atomic E-state index is 12.7. The van der Waals surface area contributed by atoms with Crippen LogP contribution in [0.15, 0.2) is 48.5 Å². The van der Waals surface area contributed by atoms with Crippen molar-refractivity contribution in [3.8, 4) is 6.07 Å². The number of hydrogen-bond donors (Lipinski definition) is 2. The molecule has 1 aliphatic heterocycles. The Morgan fingerprint density at radius 2 is 1.90 bits per heavy atom. The van der Waals surface area contributed by atoms with Gasteiger partial charge in [0, 0.05) is 37.3 Å². The Bertz CT molecular complexity index is 1070. The van der Waals surface area contributed by atoms with E-state index >= 15 is 0 Å². The molecule has 1 aromatic heterocycles. The number of pyridine rings is 1. The van der Waals surface area contributed by atoms with Crippen LogP contribution in [0.25, 0.3) is 5.76 Å². The smallest absolute Gasteiger partial charge is 0.253 e. The summed E-state index contributed by atoms with van der Waals surface area (Å²) in [5.74, 6) is 0.379. The third kappa shape index (κ3) is 4.21. The molecule has 2 aliphatic rings. The predicted octanol–water partition coefficient (Wildman–Crippen LogP) is 2.89. The molecule has 2 atom stereocenters. The van der Waals surface area contributed by atoms with E-state index in [1.54, 1.807) is 29.2 Å². The minimum atomic E-state index is -0.732. The van der Waals surface area contributed by atoms with Crippen LogP contribution in [0.1, 0.15) is 34.2 Å². The maximum atomic E-state index is 12.7. The van der Waals surface area contributed by atoms with E-state index < -0.39 is 6.04 Å². The van der Waals surface area contributed by atoms with E-state index in [0.29, 0.717) is 49.4 Å². The van der Waals surface area contributed by atoms with Gasteiger partial charge in [0.1, 0.15) is 11.8 Å². The van der Waals surface area contributed by atoms with Crippen molar-refractivity contribution in [2.45, 2.75) is 19.4 Å². The lowest BCUT2D eigenvalue weighted by Crippen LogP contribution is -2.53. The van der Waals surface area contributed by atoms with Crippen LogP contribution in [0.3, 0.4) is 0 Å². The summed E-state index contributed by atoms with van der Waals surface area (Å²) < 4.78 is 0. The number of nitrogens with zero attached hydrogens (tertiary/aromatic N) is 4. The topological polar surface area (TPSA) is 104 Å². The van der Waals surface area contributed by atoms with Crippen molar-refractivity contribution >= 4 is 17.4 Å². The summed E-state index contributed by atoms with van der Waals surface area (Å²) in [6.07, 6.45) is 2.50. The highest BCUT2D eigenvalue weighted by atomic mass is 16.3. The van der Waals surface area contributed by atoms with Crippen LogP contribution in [-0.4, -0.2) is 63.7 Å². The third-order valence-electron chi connectivity index (χ3n) is 5.87. The molecule has 1 aromatic carbocycles. The number of aliphatic hydroxyl groups is 1. The van der Waals surface area contributed by atoms with Crippen LogP contribution in [0, 0.1) is 22.7 Å². The van der Waals surface area contributed by atoms with Crippen LogP contribution in [0.5, 0.6) is 0 Å². The van der Waals surface area contributed by atoms with Gasteiger partial charge in [-0.1, -0.05) is 25.1 Å². The van der Waals surface area contributed by atoms with E-state index in [-0.39, 0.29) is 23.3 Å². The van der Waals surface area contributed by atoms with Crippen molar-refractivity contribution in [2.75, 3.05) is 26.2 Å². The Kier molecular flexibility index (Phi) is 5.83. The second-order valence-electron chi connectivity index (χ2n) is 8.06. The lowest BCUT2D eigenvalue weighted by molar-refractivity contribution is 0.0634. The molecule has 1 fully saturated rings. The molecule has 4 rings (SSSR count). The zero-order chi connectivity index (χ0) is 22.0. The number of nitriles is 1. The molecule has 7 nitrogen and oxygen atoms in total. The van der Waals surface area contributed by atoms with Gasteiger partial charge in [-0.2, -0.15) is 5.26 Å². The highest BCUT2D eigenvalue weighted by Crippen LogP contribution is 2.27. The molecule has 158 valence electrons. The van der Waals surface area contributed by atoms with Gasteiger partial charge in [0.05, 0.1) is 23.2 Å². The number of hydrogen-bond acceptors (Lipinski definition) is 6. The van der Waals surface area contributed by atoms with Crippen LogP contribution < -0.4 is 0 Å². The molecule has 0 spiro atoms. The van der Waals surface area contributed by atoms with E-state index in [1.807, 2.05) is 36.1 Å². The fraction of sp³-hybridized carbons (Fsp3) is 0.333. The van der Waals surface area contributed by atoms with Crippen LogP contribution in [0.4, 0.5) is 0 Å². The predicted molar refractivity (Wildman–Crippen MR) is 118 cm³/mol. The molecule has 2 unspecified atom stereocenters. The summed E-state index contributed by atoms with van der Waals surface area (Å²) in [7, 11) is 0. The number of rotatable bonds is 4. The fourth-order valence-electron chi connectivity index (χ4n) is 4.18. The number of allylic oxidation sites excluding steroid dienone is 1. The van der Waals surface area contributed by atoms with Gasteiger partial charge in [0.2, 0.25) is 0 Å². The Morgan fingerprint density at radius 1 is 1.19 bits per heavy atom. The normalized spacial score (nSPS) is 19.7. The first-order valence-electron chi connectivity index (χ1n) is 10.5. The molecule has 0 bridgehead atoms. The number of carbonyl (C=O) groups is 1. The summed E-state index contributed by atoms with van der Waals surface area (Å²) in [5, 5.41) is 28.6. The SMILES string of the molecule is CC1C=C(O)c2ccc(C(=N)C(C#N)N3CCN(C(=O)c4ccccc4)CC3)nc2C1. The lowest BCUT2D eigenvalue weighted by Gasteiger charge is -2.37. The second-order valence-corrected chi connectivity index (χ2v) is 8.06. The molecule has 2 aromatic rings. The summed E-state index contributed by atoms with van der Waals surface area (Å²) in [4.78, 5) is 21.0. The molecule has 0 saturated carbocycles. The standard InChI is InChI=1S/C24H25N5O2/c1-16-13-20-18(22(30)14-16)7-8-19(27-20)23(26)21(15-25)28-9-11-29(12-10-28)24(31)17-5-3-2-4-6-17/h2-8,14,16,21,26,30H,9-13H2,1H3. The van der Waals surface area contributed by atoms with E-state index in [2.05, 4.69) is 11.1 Å². The Balaban J connectivity index is 1.45. The van der Waals surface area contributed by atoms with Gasteiger partial charge in [-0.05, 0) is 42.7 Å². The molecule has 1 amide bonds. The van der Waals surface area contributed by atoms with Gasteiger partial charge in [-0.15, -0.1) is 0 Å². The number of piperazine rings is 1. The van der Waals surface area contributed by atoms with Crippen molar-refractivity contribution in [1.29, 1.82) is 10.7 Å². The summed E-state index contributed by atoms with van der Waals surface area (Å²) in [6, 6.07) is 14.2. The second kappa shape index (κ2) is 8.70. The Labute approximate surface area is 181 Å². The average Bonchev–Trinajstić information content (AvgIpc) is 2.79. The minimum Gasteiger partial charge on any atom is -0.508 e. The van der Waals surface area contributed by atoms with Gasteiger partial charge in [-0.25, -0.2) is 0 Å². The van der Waals surface area contributed by atoms with Gasteiger partial charge in [0.25, 0.3) is 5.91 Å². The minimum absolute atomic E-state index is 0.0119. The zero-order valence-electron chi connectivity index (χ0n) is 17.5. The van der Waals surface area contributed by atoms with Crippen LogP contribution >= 0.6 is 0 Å². The number of aliphatic hydroxyl groups excluding tert-OH is 1. The Morgan fingerprint density at radius 3 is 2.58 bits per heavy atom. The molecule has 1 saturated heterocycles. The molecule has 1 aliphatic carbocycles. The van der Waals surface area contributed by atoms with Gasteiger partial charge in [0.15, 0.2) is 0 Å². The van der Waals surface area contributed by atoms with Crippen molar-refractivity contribution < 1.29 is 9.90 Å². The van der Waals surface area contributed by atoms with Crippen molar-refractivity contribution in [3.63, 3.8) is 0 Å². The van der Waals surface area contributed by atoms with E-state index in [1.165, 1.54) is 0 Å². The Hall–Kier alpha value is -3.50. The summed E-state index contributed by atoms with van der Waals surface area (Å²) >= 11 is 0. The largest absolute Gasteiger partial charge is 0.508 e. The number of amides is 1. The molecule has 0 radical (unpaired) electrons. The molecule has 2 N–H and O–H groups in total. The molecular weight excluding hydrogens is 390 g/mol. The van der Waals surface area contributed by atoms with Gasteiger partial charge in [-0.3, -0.25) is 14.7 Å². The van der Waals surface area contributed by atoms with Crippen molar-refractivity contribution in [1.82, 2.24) is 14.8 Å². The van der Waals surface area contributed by atoms with Crippen molar-refractivity contribution in [2.24, 2.45) is 5.92 Å². The first-order chi connectivity index (χ1) is 15.0. The first-order valence-corrected chi connectivity index (χ1v) is 10.5. The quantitative estimate of drug-likeness (QED) is 0.747.